The lowest BCUT2D eigenvalue weighted by Crippen LogP contribution is -2.42. The first-order valence-electron chi connectivity index (χ1n) is 8.31. The maximum Gasteiger partial charge on any atom is 0.139 e. The molecule has 0 bridgehead atoms. The molecule has 0 aliphatic heterocycles. The summed E-state index contributed by atoms with van der Waals surface area (Å²) in [7, 11) is 0. The Hall–Kier alpha value is -1.33. The summed E-state index contributed by atoms with van der Waals surface area (Å²) in [6.45, 7) is 2.20. The second kappa shape index (κ2) is 4.83. The summed E-state index contributed by atoms with van der Waals surface area (Å²) in [5, 5.41) is 9.83. The lowest BCUT2D eigenvalue weighted by Gasteiger charge is -2.48. The van der Waals surface area contributed by atoms with E-state index in [1.807, 2.05) is 6.07 Å². The Morgan fingerprint density at radius 3 is 2.86 bits per heavy atom. The van der Waals surface area contributed by atoms with Gasteiger partial charge in [-0.25, -0.2) is 0 Å². The number of Topliss-reactive ketones (excluding diaryl/α,β-unsaturated/α-hetero) is 1. The van der Waals surface area contributed by atoms with Gasteiger partial charge in [0.1, 0.15) is 11.9 Å². The number of hydrogen-bond acceptors (Lipinski definition) is 2. The molecule has 4 atom stereocenters. The molecule has 0 aromatic heterocycles. The van der Waals surface area contributed by atoms with Crippen LogP contribution in [0.1, 0.15) is 61.6 Å². The summed E-state index contributed by atoms with van der Waals surface area (Å²) in [5.41, 5.74) is 3.06. The van der Waals surface area contributed by atoms with Gasteiger partial charge in [0.2, 0.25) is 0 Å². The Labute approximate surface area is 136 Å². The summed E-state index contributed by atoms with van der Waals surface area (Å²) in [6.07, 6.45) is 5.99. The predicted octanol–water partition coefficient (Wildman–Crippen LogP) is 4.64. The Kier molecular flexibility index (Phi) is 3.13. The summed E-state index contributed by atoms with van der Waals surface area (Å²) < 4.78 is 0. The fraction of sp³-hybridized carbons (Fsp3) is 0.579. The van der Waals surface area contributed by atoms with Crippen molar-refractivity contribution in [1.82, 2.24) is 0 Å². The largest absolute Gasteiger partial charge is 0.299 e. The van der Waals surface area contributed by atoms with Gasteiger partial charge < -0.3 is 0 Å². The van der Waals surface area contributed by atoms with Crippen LogP contribution in [0.2, 0.25) is 5.02 Å². The number of hydrogen-bond donors (Lipinski definition) is 0. The molecule has 0 N–H and O–H groups in total. The number of halogens is 1. The molecule has 4 rings (SSSR count). The molecule has 3 unspecified atom stereocenters. The second-order valence-corrected chi connectivity index (χ2v) is 7.82. The number of carbonyl (C=O) groups excluding carboxylic acids is 1. The number of rotatable bonds is 0. The Balaban J connectivity index is 1.75. The minimum atomic E-state index is -0.0743. The molecule has 3 aliphatic rings. The maximum absolute atomic E-state index is 12.3. The molecule has 0 heterocycles. The molecule has 0 amide bonds. The molecule has 114 valence electrons. The van der Waals surface area contributed by atoms with E-state index in [9.17, 15) is 4.79 Å². The normalized spacial score (nSPS) is 36.2. The average Bonchev–Trinajstić information content (AvgIpc) is 2.83. The summed E-state index contributed by atoms with van der Waals surface area (Å²) in [4.78, 5) is 12.3. The van der Waals surface area contributed by atoms with Gasteiger partial charge in [-0.2, -0.15) is 5.26 Å². The van der Waals surface area contributed by atoms with E-state index in [-0.39, 0.29) is 5.41 Å². The molecular formula is C19H20ClNO. The minimum Gasteiger partial charge on any atom is -0.299 e. The van der Waals surface area contributed by atoms with Gasteiger partial charge in [0.25, 0.3) is 0 Å². The van der Waals surface area contributed by atoms with Gasteiger partial charge in [0.05, 0.1) is 10.6 Å². The number of ketones is 1. The summed E-state index contributed by atoms with van der Waals surface area (Å²) >= 11 is 6.44. The van der Waals surface area contributed by atoms with E-state index in [1.165, 1.54) is 11.1 Å². The van der Waals surface area contributed by atoms with Gasteiger partial charge in [-0.3, -0.25) is 4.79 Å². The van der Waals surface area contributed by atoms with Crippen LogP contribution in [0.3, 0.4) is 0 Å². The first kappa shape index (κ1) is 14.3. The molecule has 1 aromatic rings. The van der Waals surface area contributed by atoms with Crippen LogP contribution < -0.4 is 0 Å². The highest BCUT2D eigenvalue weighted by molar-refractivity contribution is 6.32. The van der Waals surface area contributed by atoms with Crippen LogP contribution in [0.5, 0.6) is 0 Å². The van der Waals surface area contributed by atoms with Crippen molar-refractivity contribution in [2.45, 2.75) is 51.4 Å². The quantitative estimate of drug-likeness (QED) is 0.700. The molecule has 2 saturated carbocycles. The topological polar surface area (TPSA) is 40.9 Å². The number of nitrogens with zero attached hydrogens (tertiary/aromatic N) is 1. The van der Waals surface area contributed by atoms with E-state index < -0.39 is 0 Å². The number of carbonyl (C=O) groups is 1. The van der Waals surface area contributed by atoms with Gasteiger partial charge in [-0.15, -0.1) is 0 Å². The van der Waals surface area contributed by atoms with Gasteiger partial charge in [0, 0.05) is 11.8 Å². The van der Waals surface area contributed by atoms with Crippen molar-refractivity contribution >= 4 is 17.4 Å². The smallest absolute Gasteiger partial charge is 0.139 e. The fourth-order valence-corrected chi connectivity index (χ4v) is 5.79. The van der Waals surface area contributed by atoms with Gasteiger partial charge in [-0.1, -0.05) is 24.6 Å². The highest BCUT2D eigenvalue weighted by atomic mass is 35.5. The Morgan fingerprint density at radius 1 is 1.27 bits per heavy atom. The van der Waals surface area contributed by atoms with Crippen LogP contribution in [0, 0.1) is 28.6 Å². The third-order valence-electron chi connectivity index (χ3n) is 6.67. The van der Waals surface area contributed by atoms with Crippen LogP contribution >= 0.6 is 11.6 Å². The van der Waals surface area contributed by atoms with E-state index >= 15 is 0 Å². The van der Waals surface area contributed by atoms with E-state index in [1.54, 1.807) is 0 Å². The van der Waals surface area contributed by atoms with Crippen molar-refractivity contribution in [3.8, 4) is 6.07 Å². The van der Waals surface area contributed by atoms with Crippen molar-refractivity contribution in [3.05, 3.63) is 33.8 Å². The number of nitriles is 1. The first-order valence-corrected chi connectivity index (χ1v) is 8.68. The summed E-state index contributed by atoms with van der Waals surface area (Å²) in [5.74, 6) is 2.17. The minimum absolute atomic E-state index is 0.0743. The van der Waals surface area contributed by atoms with Crippen LogP contribution in [0.25, 0.3) is 0 Å². The van der Waals surface area contributed by atoms with Crippen molar-refractivity contribution in [3.63, 3.8) is 0 Å². The highest BCUT2D eigenvalue weighted by Crippen LogP contribution is 2.59. The molecule has 3 heteroatoms. The lowest BCUT2D eigenvalue weighted by atomic mass is 9.55. The predicted molar refractivity (Wildman–Crippen MR) is 85.8 cm³/mol. The average molecular weight is 314 g/mol. The first-order chi connectivity index (χ1) is 10.6. The third-order valence-corrected chi connectivity index (χ3v) is 7.10. The van der Waals surface area contributed by atoms with Crippen molar-refractivity contribution in [1.29, 1.82) is 5.26 Å². The standard InChI is InChI=1S/C19H20ClNO/c1-19-9-8-13-12-3-2-11(10-21)18(20)15(12)5-4-14(13)16(19)6-7-17(19)22/h2-3,13-14,16H,4-9H2,1H3/t13?,14?,16?,19-/m0/s1. The second-order valence-electron chi connectivity index (χ2n) is 7.44. The molecule has 2 nitrogen and oxygen atoms in total. The van der Waals surface area contributed by atoms with E-state index in [0.29, 0.717) is 34.1 Å². The van der Waals surface area contributed by atoms with Crippen molar-refractivity contribution < 1.29 is 4.79 Å². The van der Waals surface area contributed by atoms with E-state index in [4.69, 9.17) is 16.9 Å². The van der Waals surface area contributed by atoms with E-state index in [2.05, 4.69) is 19.1 Å². The fourth-order valence-electron chi connectivity index (χ4n) is 5.48. The van der Waals surface area contributed by atoms with Gasteiger partial charge >= 0.3 is 0 Å². The molecule has 0 radical (unpaired) electrons. The van der Waals surface area contributed by atoms with Crippen LogP contribution in [0.4, 0.5) is 0 Å². The van der Waals surface area contributed by atoms with Crippen LogP contribution in [-0.2, 0) is 11.2 Å². The van der Waals surface area contributed by atoms with Crippen LogP contribution in [0.15, 0.2) is 12.1 Å². The molecule has 2 fully saturated rings. The Bertz CT molecular complexity index is 704. The molecule has 0 saturated heterocycles. The maximum atomic E-state index is 12.3. The lowest BCUT2D eigenvalue weighted by molar-refractivity contribution is -0.129. The number of fused-ring (bicyclic) bond motifs is 5. The molecule has 22 heavy (non-hydrogen) atoms. The zero-order chi connectivity index (χ0) is 15.5. The van der Waals surface area contributed by atoms with Crippen molar-refractivity contribution in [2.24, 2.45) is 17.3 Å². The molecule has 0 spiro atoms. The summed E-state index contributed by atoms with van der Waals surface area (Å²) in [6, 6.07) is 6.18. The molecular weight excluding hydrogens is 294 g/mol. The Morgan fingerprint density at radius 2 is 2.09 bits per heavy atom. The van der Waals surface area contributed by atoms with E-state index in [0.717, 1.165) is 38.5 Å². The third kappa shape index (κ3) is 1.75. The number of benzene rings is 1. The van der Waals surface area contributed by atoms with Gasteiger partial charge in [-0.05, 0) is 67.1 Å². The van der Waals surface area contributed by atoms with Gasteiger partial charge in [0.15, 0.2) is 0 Å². The molecule has 3 aliphatic carbocycles. The van der Waals surface area contributed by atoms with Crippen LogP contribution in [-0.4, -0.2) is 5.78 Å². The zero-order valence-electron chi connectivity index (χ0n) is 12.9. The zero-order valence-corrected chi connectivity index (χ0v) is 13.6. The highest BCUT2D eigenvalue weighted by Gasteiger charge is 2.54. The monoisotopic (exact) mass is 313 g/mol. The van der Waals surface area contributed by atoms with Crippen molar-refractivity contribution in [2.75, 3.05) is 0 Å². The molecule has 1 aromatic carbocycles. The SMILES string of the molecule is C[C@]12CCC3c4ccc(C#N)c(Cl)c4CCC3C1CCC2=O.